The molecule has 0 radical (unpaired) electrons. The number of anilines is 2. The van der Waals surface area contributed by atoms with Gasteiger partial charge in [0.15, 0.2) is 0 Å². The highest BCUT2D eigenvalue weighted by atomic mass is 35.5. The fourth-order valence-corrected chi connectivity index (χ4v) is 2.25. The van der Waals surface area contributed by atoms with Gasteiger partial charge >= 0.3 is 11.9 Å². The molecular formula is C12H12ClF2N3O3. The maximum atomic E-state index is 13.1. The molecule has 2 rings (SSSR count). The summed E-state index contributed by atoms with van der Waals surface area (Å²) >= 11 is 6.01. The first-order chi connectivity index (χ1) is 9.78. The molecule has 2 N–H and O–H groups in total. The van der Waals surface area contributed by atoms with Crippen molar-refractivity contribution < 1.29 is 23.5 Å². The van der Waals surface area contributed by atoms with Crippen LogP contribution < -0.4 is 10.2 Å². The molecule has 0 bridgehead atoms. The van der Waals surface area contributed by atoms with Crippen LogP contribution in [0, 0.1) is 0 Å². The Kier molecular flexibility index (Phi) is 4.26. The van der Waals surface area contributed by atoms with Crippen LogP contribution in [0.4, 0.5) is 20.3 Å². The van der Waals surface area contributed by atoms with E-state index >= 15 is 0 Å². The molecule has 0 saturated carbocycles. The number of hydrogen-bond donors (Lipinski definition) is 2. The lowest BCUT2D eigenvalue weighted by Crippen LogP contribution is -2.39. The largest absolute Gasteiger partial charge is 0.474 e. The fourth-order valence-electron chi connectivity index (χ4n) is 1.96. The highest BCUT2D eigenvalue weighted by Crippen LogP contribution is 2.33. The van der Waals surface area contributed by atoms with Crippen molar-refractivity contribution in [3.8, 4) is 0 Å². The highest BCUT2D eigenvalue weighted by Gasteiger charge is 2.34. The summed E-state index contributed by atoms with van der Waals surface area (Å²) in [4.78, 5) is 27.1. The van der Waals surface area contributed by atoms with Crippen LogP contribution in [0.5, 0.6) is 0 Å². The number of halogens is 3. The first-order valence-electron chi connectivity index (χ1n) is 6.11. The molecule has 9 heteroatoms. The van der Waals surface area contributed by atoms with Crippen LogP contribution in [0.25, 0.3) is 0 Å². The van der Waals surface area contributed by atoms with Gasteiger partial charge in [-0.1, -0.05) is 11.6 Å². The normalized spacial score (nSPS) is 17.4. The maximum absolute atomic E-state index is 13.1. The van der Waals surface area contributed by atoms with E-state index in [9.17, 15) is 18.4 Å². The number of nitrogens with zero attached hydrogens (tertiary/aromatic N) is 2. The van der Waals surface area contributed by atoms with Gasteiger partial charge in [0.2, 0.25) is 0 Å². The Balaban J connectivity index is 2.09. The number of aliphatic carboxylic acids is 1. The second kappa shape index (κ2) is 5.80. The van der Waals surface area contributed by atoms with E-state index in [0.29, 0.717) is 5.82 Å². The van der Waals surface area contributed by atoms with Crippen molar-refractivity contribution in [2.75, 3.05) is 23.3 Å². The first-order valence-corrected chi connectivity index (χ1v) is 6.49. The minimum atomic E-state index is -2.67. The summed E-state index contributed by atoms with van der Waals surface area (Å²) in [6, 6.07) is 1.33. The summed E-state index contributed by atoms with van der Waals surface area (Å²) < 4.78 is 26.2. The van der Waals surface area contributed by atoms with Gasteiger partial charge in [-0.2, -0.15) is 0 Å². The number of carboxylic acid groups (broad SMARTS) is 1. The maximum Gasteiger partial charge on any atom is 0.394 e. The zero-order valence-electron chi connectivity index (χ0n) is 10.8. The van der Waals surface area contributed by atoms with Gasteiger partial charge in [0, 0.05) is 25.9 Å². The smallest absolute Gasteiger partial charge is 0.394 e. The number of amides is 1. The van der Waals surface area contributed by atoms with Crippen LogP contribution in [0.2, 0.25) is 5.02 Å². The topological polar surface area (TPSA) is 82.5 Å². The molecule has 114 valence electrons. The standard InChI is InChI=1S/C12H12ClF2N3O3/c13-8-5-7(17-10(19)11(20)21)6-16-9(8)18-3-1-12(14,15)2-4-18/h5-6H,1-4H2,(H,17,19)(H,20,21). The van der Waals surface area contributed by atoms with Crippen LogP contribution in [-0.4, -0.2) is 41.0 Å². The third-order valence-electron chi connectivity index (χ3n) is 3.07. The molecule has 0 aromatic carbocycles. The predicted octanol–water partition coefficient (Wildman–Crippen LogP) is 1.99. The van der Waals surface area contributed by atoms with Gasteiger partial charge in [-0.05, 0) is 6.07 Å². The van der Waals surface area contributed by atoms with E-state index in [1.807, 2.05) is 0 Å². The summed E-state index contributed by atoms with van der Waals surface area (Å²) in [5.74, 6) is -5.18. The van der Waals surface area contributed by atoms with Gasteiger partial charge in [0.1, 0.15) is 5.82 Å². The van der Waals surface area contributed by atoms with E-state index < -0.39 is 17.8 Å². The van der Waals surface area contributed by atoms with E-state index in [4.69, 9.17) is 16.7 Å². The summed E-state index contributed by atoms with van der Waals surface area (Å²) in [7, 11) is 0. The predicted molar refractivity (Wildman–Crippen MR) is 71.9 cm³/mol. The quantitative estimate of drug-likeness (QED) is 0.815. The highest BCUT2D eigenvalue weighted by molar-refractivity contribution is 6.37. The average Bonchev–Trinajstić information content (AvgIpc) is 2.39. The summed E-state index contributed by atoms with van der Waals surface area (Å²) in [6.07, 6.45) is 0.680. The van der Waals surface area contributed by atoms with Gasteiger partial charge in [-0.25, -0.2) is 18.6 Å². The number of aromatic nitrogens is 1. The van der Waals surface area contributed by atoms with E-state index in [2.05, 4.69) is 10.3 Å². The number of nitrogens with one attached hydrogen (secondary N) is 1. The Morgan fingerprint density at radius 2 is 2.00 bits per heavy atom. The summed E-state index contributed by atoms with van der Waals surface area (Å²) in [5, 5.41) is 10.7. The van der Waals surface area contributed by atoms with Crippen molar-refractivity contribution in [2.45, 2.75) is 18.8 Å². The van der Waals surface area contributed by atoms with E-state index in [1.165, 1.54) is 12.3 Å². The molecule has 1 aliphatic rings. The van der Waals surface area contributed by atoms with Crippen molar-refractivity contribution in [1.29, 1.82) is 0 Å². The molecular weight excluding hydrogens is 308 g/mol. The second-order valence-electron chi connectivity index (χ2n) is 4.63. The van der Waals surface area contributed by atoms with Gasteiger partial charge in [0.05, 0.1) is 16.9 Å². The minimum absolute atomic E-state index is 0.124. The molecule has 1 saturated heterocycles. The minimum Gasteiger partial charge on any atom is -0.474 e. The number of alkyl halides is 2. The molecule has 1 aromatic rings. The average molecular weight is 320 g/mol. The van der Waals surface area contributed by atoms with Crippen molar-refractivity contribution in [1.82, 2.24) is 4.98 Å². The summed E-state index contributed by atoms with van der Waals surface area (Å²) in [5.41, 5.74) is 0.124. The van der Waals surface area contributed by atoms with E-state index in [0.717, 1.165) is 0 Å². The van der Waals surface area contributed by atoms with Gasteiger partial charge in [-0.15, -0.1) is 0 Å². The molecule has 1 aromatic heterocycles. The van der Waals surface area contributed by atoms with Crippen LogP contribution in [-0.2, 0) is 9.59 Å². The molecule has 1 fully saturated rings. The van der Waals surface area contributed by atoms with Crippen LogP contribution in [0.15, 0.2) is 12.3 Å². The molecule has 0 aliphatic carbocycles. The monoisotopic (exact) mass is 319 g/mol. The van der Waals surface area contributed by atoms with Gasteiger partial charge < -0.3 is 15.3 Å². The molecule has 21 heavy (non-hydrogen) atoms. The molecule has 1 aliphatic heterocycles. The van der Waals surface area contributed by atoms with E-state index in [1.54, 1.807) is 4.90 Å². The van der Waals surface area contributed by atoms with Crippen LogP contribution >= 0.6 is 11.6 Å². The molecule has 2 heterocycles. The summed E-state index contributed by atoms with van der Waals surface area (Å²) in [6.45, 7) is 0.251. The SMILES string of the molecule is O=C(O)C(=O)Nc1cnc(N2CCC(F)(F)CC2)c(Cl)c1. The Bertz CT molecular complexity index is 573. The number of carbonyl (C=O) groups is 2. The Morgan fingerprint density at radius 3 is 2.52 bits per heavy atom. The van der Waals surface area contributed by atoms with Gasteiger partial charge in [0.25, 0.3) is 5.92 Å². The third-order valence-corrected chi connectivity index (χ3v) is 3.35. The lowest BCUT2D eigenvalue weighted by molar-refractivity contribution is -0.147. The van der Waals surface area contributed by atoms with Crippen molar-refractivity contribution >= 4 is 35.0 Å². The number of carbonyl (C=O) groups excluding carboxylic acids is 1. The molecule has 0 atom stereocenters. The number of piperidine rings is 1. The number of carboxylic acids is 1. The van der Waals surface area contributed by atoms with Crippen molar-refractivity contribution in [2.24, 2.45) is 0 Å². The number of rotatable bonds is 2. The molecule has 0 spiro atoms. The van der Waals surface area contributed by atoms with Crippen molar-refractivity contribution in [3.63, 3.8) is 0 Å². The third kappa shape index (κ3) is 3.78. The second-order valence-corrected chi connectivity index (χ2v) is 5.04. The number of pyridine rings is 1. The lowest BCUT2D eigenvalue weighted by Gasteiger charge is -2.33. The van der Waals surface area contributed by atoms with E-state index in [-0.39, 0.29) is 36.6 Å². The van der Waals surface area contributed by atoms with Crippen LogP contribution in [0.1, 0.15) is 12.8 Å². The molecule has 6 nitrogen and oxygen atoms in total. The number of hydrogen-bond acceptors (Lipinski definition) is 4. The first kappa shape index (κ1) is 15.4. The fraction of sp³-hybridized carbons (Fsp3) is 0.417. The Hall–Kier alpha value is -1.96. The Morgan fingerprint density at radius 1 is 1.38 bits per heavy atom. The van der Waals surface area contributed by atoms with Crippen molar-refractivity contribution in [3.05, 3.63) is 17.3 Å². The lowest BCUT2D eigenvalue weighted by atomic mass is 10.1. The zero-order valence-corrected chi connectivity index (χ0v) is 11.5. The van der Waals surface area contributed by atoms with Crippen LogP contribution in [0.3, 0.4) is 0 Å². The molecule has 0 unspecified atom stereocenters. The Labute approximate surface area is 123 Å². The van der Waals surface area contributed by atoms with Gasteiger partial charge in [-0.3, -0.25) is 4.79 Å². The zero-order chi connectivity index (χ0) is 15.6. The molecule has 1 amide bonds.